The smallest absolute Gasteiger partial charge is 0.222 e. The molecule has 1 aliphatic rings. The predicted octanol–water partition coefficient (Wildman–Crippen LogP) is 4.28. The molecule has 0 N–H and O–H groups in total. The fraction of sp³-hybridized carbons (Fsp3) is 0.458. The van der Waals surface area contributed by atoms with E-state index in [-0.39, 0.29) is 12.0 Å². The minimum Gasteiger partial charge on any atom is -0.378 e. The van der Waals surface area contributed by atoms with Gasteiger partial charge in [-0.3, -0.25) is 4.79 Å². The Bertz CT molecular complexity index is 722. The second kappa shape index (κ2) is 10.3. The molecular weight excluding hydrogens is 348 g/mol. The molecule has 2 aromatic rings. The number of carbonyl (C=O) groups is 1. The average molecular weight is 381 g/mol. The minimum absolute atomic E-state index is 0.180. The van der Waals surface area contributed by atoms with Crippen LogP contribution in [0.3, 0.4) is 0 Å². The SMILES string of the molecule is CN(C)c1ccc(CN(CC2CCCO2)C(=O)CCCc2ccccc2)cc1. The van der Waals surface area contributed by atoms with Crippen molar-refractivity contribution in [3.05, 3.63) is 65.7 Å². The van der Waals surface area contributed by atoms with E-state index in [2.05, 4.69) is 53.4 Å². The fourth-order valence-corrected chi connectivity index (χ4v) is 3.66. The van der Waals surface area contributed by atoms with E-state index < -0.39 is 0 Å². The minimum atomic E-state index is 0.180. The molecule has 150 valence electrons. The van der Waals surface area contributed by atoms with Crippen molar-refractivity contribution in [3.63, 3.8) is 0 Å². The van der Waals surface area contributed by atoms with Crippen molar-refractivity contribution in [2.75, 3.05) is 32.1 Å². The number of carbonyl (C=O) groups excluding carboxylic acids is 1. The predicted molar refractivity (Wildman–Crippen MR) is 115 cm³/mol. The summed E-state index contributed by atoms with van der Waals surface area (Å²) in [5.41, 5.74) is 3.63. The largest absolute Gasteiger partial charge is 0.378 e. The summed E-state index contributed by atoms with van der Waals surface area (Å²) in [6.07, 6.45) is 4.73. The quantitative estimate of drug-likeness (QED) is 0.651. The molecule has 0 spiro atoms. The molecule has 0 aliphatic carbocycles. The molecule has 0 saturated carbocycles. The van der Waals surface area contributed by atoms with E-state index >= 15 is 0 Å². The lowest BCUT2D eigenvalue weighted by Gasteiger charge is -2.26. The van der Waals surface area contributed by atoms with Crippen LogP contribution in [0.1, 0.15) is 36.8 Å². The van der Waals surface area contributed by atoms with Gasteiger partial charge in [-0.1, -0.05) is 42.5 Å². The van der Waals surface area contributed by atoms with Crippen LogP contribution in [0.2, 0.25) is 0 Å². The van der Waals surface area contributed by atoms with Gasteiger partial charge >= 0.3 is 0 Å². The molecule has 28 heavy (non-hydrogen) atoms. The Kier molecular flexibility index (Phi) is 7.49. The maximum absolute atomic E-state index is 13.0. The molecule has 1 unspecified atom stereocenters. The topological polar surface area (TPSA) is 32.8 Å². The molecule has 1 atom stereocenters. The first kappa shape index (κ1) is 20.4. The Morgan fingerprint density at radius 1 is 1.04 bits per heavy atom. The van der Waals surface area contributed by atoms with Crippen molar-refractivity contribution in [2.45, 2.75) is 44.8 Å². The van der Waals surface area contributed by atoms with Crippen LogP contribution in [0.25, 0.3) is 0 Å². The molecular formula is C24H32N2O2. The number of amides is 1. The first-order valence-corrected chi connectivity index (χ1v) is 10.3. The van der Waals surface area contributed by atoms with Gasteiger partial charge in [-0.2, -0.15) is 0 Å². The maximum Gasteiger partial charge on any atom is 0.222 e. The molecule has 0 radical (unpaired) electrons. The van der Waals surface area contributed by atoms with Crippen LogP contribution in [0.5, 0.6) is 0 Å². The van der Waals surface area contributed by atoms with E-state index in [0.717, 1.165) is 32.3 Å². The van der Waals surface area contributed by atoms with E-state index in [4.69, 9.17) is 4.74 Å². The number of hydrogen-bond donors (Lipinski definition) is 0. The number of benzene rings is 2. The van der Waals surface area contributed by atoms with Gasteiger partial charge in [0.2, 0.25) is 5.91 Å². The zero-order chi connectivity index (χ0) is 19.8. The van der Waals surface area contributed by atoms with E-state index in [9.17, 15) is 4.79 Å². The Morgan fingerprint density at radius 2 is 1.79 bits per heavy atom. The van der Waals surface area contributed by atoms with Crippen LogP contribution in [-0.4, -0.2) is 44.2 Å². The Labute approximate surface area is 169 Å². The van der Waals surface area contributed by atoms with E-state index in [1.807, 2.05) is 25.1 Å². The average Bonchev–Trinajstić information content (AvgIpc) is 3.22. The summed E-state index contributed by atoms with van der Waals surface area (Å²) in [4.78, 5) is 17.0. The lowest BCUT2D eigenvalue weighted by Crippen LogP contribution is -2.36. The number of rotatable bonds is 9. The lowest BCUT2D eigenvalue weighted by molar-refractivity contribution is -0.133. The van der Waals surface area contributed by atoms with E-state index in [1.165, 1.54) is 16.8 Å². The van der Waals surface area contributed by atoms with Gasteiger partial charge in [-0.25, -0.2) is 0 Å². The first-order valence-electron chi connectivity index (χ1n) is 10.3. The van der Waals surface area contributed by atoms with Gasteiger partial charge in [0.15, 0.2) is 0 Å². The van der Waals surface area contributed by atoms with Crippen LogP contribution in [0.15, 0.2) is 54.6 Å². The summed E-state index contributed by atoms with van der Waals surface area (Å²) in [5.74, 6) is 0.225. The van der Waals surface area contributed by atoms with Gasteiger partial charge < -0.3 is 14.5 Å². The van der Waals surface area contributed by atoms with Crippen molar-refractivity contribution in [3.8, 4) is 0 Å². The van der Waals surface area contributed by atoms with Gasteiger partial charge in [-0.15, -0.1) is 0 Å². The van der Waals surface area contributed by atoms with Crippen LogP contribution >= 0.6 is 0 Å². The van der Waals surface area contributed by atoms with Gasteiger partial charge in [0, 0.05) is 45.9 Å². The standard InChI is InChI=1S/C24H32N2O2/c1-25(2)22-15-13-21(14-16-22)18-26(19-23-11-7-17-28-23)24(27)12-6-10-20-8-4-3-5-9-20/h3-5,8-9,13-16,23H,6-7,10-12,17-19H2,1-2H3. The summed E-state index contributed by atoms with van der Waals surface area (Å²) in [5, 5.41) is 0. The third-order valence-corrected chi connectivity index (χ3v) is 5.33. The van der Waals surface area contributed by atoms with Gasteiger partial charge in [0.05, 0.1) is 6.10 Å². The molecule has 4 nitrogen and oxygen atoms in total. The zero-order valence-corrected chi connectivity index (χ0v) is 17.1. The highest BCUT2D eigenvalue weighted by Gasteiger charge is 2.22. The normalized spacial score (nSPS) is 16.1. The molecule has 3 rings (SSSR count). The zero-order valence-electron chi connectivity index (χ0n) is 17.1. The molecule has 2 aromatic carbocycles. The van der Waals surface area contributed by atoms with Crippen LogP contribution in [0, 0.1) is 0 Å². The Morgan fingerprint density at radius 3 is 2.43 bits per heavy atom. The lowest BCUT2D eigenvalue weighted by atomic mass is 10.1. The van der Waals surface area contributed by atoms with Crippen molar-refractivity contribution >= 4 is 11.6 Å². The van der Waals surface area contributed by atoms with E-state index in [1.54, 1.807) is 0 Å². The third-order valence-electron chi connectivity index (χ3n) is 5.33. The highest BCUT2D eigenvalue weighted by Crippen LogP contribution is 2.18. The van der Waals surface area contributed by atoms with Crippen LogP contribution in [-0.2, 0) is 22.5 Å². The number of hydrogen-bond acceptors (Lipinski definition) is 3. The highest BCUT2D eigenvalue weighted by molar-refractivity contribution is 5.76. The van der Waals surface area contributed by atoms with Crippen LogP contribution < -0.4 is 4.90 Å². The fourth-order valence-electron chi connectivity index (χ4n) is 3.66. The molecule has 1 aliphatic heterocycles. The number of ether oxygens (including phenoxy) is 1. The van der Waals surface area contributed by atoms with Crippen molar-refractivity contribution in [2.24, 2.45) is 0 Å². The molecule has 4 heteroatoms. The third kappa shape index (κ3) is 6.10. The summed E-state index contributed by atoms with van der Waals surface area (Å²) in [7, 11) is 4.07. The Balaban J connectivity index is 1.59. The highest BCUT2D eigenvalue weighted by atomic mass is 16.5. The van der Waals surface area contributed by atoms with Gasteiger partial charge in [0.25, 0.3) is 0 Å². The second-order valence-corrected chi connectivity index (χ2v) is 7.81. The number of aryl methyl sites for hydroxylation is 1. The summed E-state index contributed by atoms with van der Waals surface area (Å²) >= 11 is 0. The maximum atomic E-state index is 13.0. The molecule has 0 bridgehead atoms. The van der Waals surface area contributed by atoms with Crippen molar-refractivity contribution < 1.29 is 9.53 Å². The second-order valence-electron chi connectivity index (χ2n) is 7.81. The summed E-state index contributed by atoms with van der Waals surface area (Å²) in [6, 6.07) is 18.8. The van der Waals surface area contributed by atoms with Crippen molar-refractivity contribution in [1.82, 2.24) is 4.90 Å². The first-order chi connectivity index (χ1) is 13.6. The summed E-state index contributed by atoms with van der Waals surface area (Å²) in [6.45, 7) is 2.16. The number of anilines is 1. The summed E-state index contributed by atoms with van der Waals surface area (Å²) < 4.78 is 5.80. The van der Waals surface area contributed by atoms with Gasteiger partial charge in [-0.05, 0) is 48.9 Å². The molecule has 1 heterocycles. The molecule has 1 amide bonds. The molecule has 0 aromatic heterocycles. The molecule has 1 fully saturated rings. The van der Waals surface area contributed by atoms with Crippen LogP contribution in [0.4, 0.5) is 5.69 Å². The van der Waals surface area contributed by atoms with Crippen molar-refractivity contribution in [1.29, 1.82) is 0 Å². The number of nitrogens with zero attached hydrogens (tertiary/aromatic N) is 2. The monoisotopic (exact) mass is 380 g/mol. The molecule has 1 saturated heterocycles. The Hall–Kier alpha value is -2.33. The van der Waals surface area contributed by atoms with E-state index in [0.29, 0.717) is 19.5 Å². The van der Waals surface area contributed by atoms with Gasteiger partial charge in [0.1, 0.15) is 0 Å².